The lowest BCUT2D eigenvalue weighted by atomic mass is 9.75. The van der Waals surface area contributed by atoms with Gasteiger partial charge in [0.05, 0.1) is 17.6 Å². The maximum absolute atomic E-state index is 6.20. The normalized spacial score (nSPS) is 20.7. The van der Waals surface area contributed by atoms with Crippen molar-refractivity contribution in [1.29, 1.82) is 0 Å². The Balaban J connectivity index is 1.47. The van der Waals surface area contributed by atoms with Crippen LogP contribution in [0.2, 0.25) is 0 Å². The first-order valence-corrected chi connectivity index (χ1v) is 12.3. The van der Waals surface area contributed by atoms with Gasteiger partial charge in [0, 0.05) is 11.6 Å². The van der Waals surface area contributed by atoms with Crippen molar-refractivity contribution < 1.29 is 9.47 Å². The Morgan fingerprint density at radius 3 is 2.55 bits per heavy atom. The summed E-state index contributed by atoms with van der Waals surface area (Å²) in [5.41, 5.74) is 8.95. The van der Waals surface area contributed by atoms with E-state index in [4.69, 9.17) is 9.47 Å². The zero-order valence-corrected chi connectivity index (χ0v) is 21.2. The summed E-state index contributed by atoms with van der Waals surface area (Å²) >= 11 is 3.77. The number of halogens is 1. The van der Waals surface area contributed by atoms with Crippen LogP contribution in [0.5, 0.6) is 11.5 Å². The van der Waals surface area contributed by atoms with Crippen LogP contribution in [-0.4, -0.2) is 7.11 Å². The molecule has 0 fully saturated rings. The molecule has 1 aliphatic heterocycles. The molecule has 170 valence electrons. The molecule has 3 aromatic rings. The number of nitrogens with one attached hydrogen (secondary N) is 1. The molecule has 0 saturated carbocycles. The van der Waals surface area contributed by atoms with Crippen molar-refractivity contribution in [2.75, 3.05) is 12.4 Å². The molecule has 3 aromatic carbocycles. The standard InChI is InChI=1S/C29H30BrNO2/c1-17-8-10-20(11-9-17)16-33-29-24(30)14-21(15-26(29)32-4)28-23-7-5-6-22(23)27-19(3)12-18(2)13-25(27)31-28/h5-6,8-15,22-23,28,31H,7,16H2,1-4H3/t22-,23+,28+/m1/s1. The van der Waals surface area contributed by atoms with Crippen molar-refractivity contribution >= 4 is 21.6 Å². The average Bonchev–Trinajstić information content (AvgIpc) is 3.27. The Morgan fingerprint density at radius 1 is 1.00 bits per heavy atom. The highest BCUT2D eigenvalue weighted by Crippen LogP contribution is 2.52. The SMILES string of the molecule is COc1cc([C@@H]2Nc3cc(C)cc(C)c3[C@@H]3C=CC[C@@H]32)cc(Br)c1OCc1ccc(C)cc1. The van der Waals surface area contributed by atoms with E-state index in [2.05, 4.69) is 103 Å². The summed E-state index contributed by atoms with van der Waals surface area (Å²) in [4.78, 5) is 0. The maximum Gasteiger partial charge on any atom is 0.175 e. The third-order valence-electron chi connectivity index (χ3n) is 6.93. The van der Waals surface area contributed by atoms with Crippen LogP contribution in [0.25, 0.3) is 0 Å². The van der Waals surface area contributed by atoms with Crippen molar-refractivity contribution in [3.05, 3.63) is 98.5 Å². The van der Waals surface area contributed by atoms with E-state index >= 15 is 0 Å². The van der Waals surface area contributed by atoms with E-state index in [9.17, 15) is 0 Å². The van der Waals surface area contributed by atoms with Crippen LogP contribution >= 0.6 is 15.9 Å². The first-order valence-electron chi connectivity index (χ1n) is 11.5. The van der Waals surface area contributed by atoms with E-state index in [1.165, 1.54) is 33.5 Å². The molecule has 0 unspecified atom stereocenters. The smallest absolute Gasteiger partial charge is 0.175 e. The van der Waals surface area contributed by atoms with Gasteiger partial charge in [0.1, 0.15) is 6.61 Å². The van der Waals surface area contributed by atoms with Crippen molar-refractivity contribution in [1.82, 2.24) is 0 Å². The van der Waals surface area contributed by atoms with Crippen LogP contribution in [0.1, 0.15) is 51.8 Å². The fraction of sp³-hybridized carbons (Fsp3) is 0.310. The number of hydrogen-bond acceptors (Lipinski definition) is 3. The van der Waals surface area contributed by atoms with E-state index in [1.807, 2.05) is 0 Å². The van der Waals surface area contributed by atoms with Gasteiger partial charge in [-0.2, -0.15) is 0 Å². The Morgan fingerprint density at radius 2 is 1.79 bits per heavy atom. The number of ether oxygens (including phenoxy) is 2. The number of fused-ring (bicyclic) bond motifs is 3. The van der Waals surface area contributed by atoms with Gasteiger partial charge in [0.25, 0.3) is 0 Å². The van der Waals surface area contributed by atoms with Gasteiger partial charge in [-0.3, -0.25) is 0 Å². The largest absolute Gasteiger partial charge is 0.493 e. The zero-order chi connectivity index (χ0) is 23.1. The molecule has 0 radical (unpaired) electrons. The predicted molar refractivity (Wildman–Crippen MR) is 138 cm³/mol. The van der Waals surface area contributed by atoms with Crippen molar-refractivity contribution in [3.8, 4) is 11.5 Å². The molecule has 3 atom stereocenters. The predicted octanol–water partition coefficient (Wildman–Crippen LogP) is 7.79. The molecule has 0 saturated heterocycles. The van der Waals surface area contributed by atoms with E-state index < -0.39 is 0 Å². The second kappa shape index (κ2) is 8.90. The lowest BCUT2D eigenvalue weighted by Gasteiger charge is -2.39. The average molecular weight is 504 g/mol. The summed E-state index contributed by atoms with van der Waals surface area (Å²) in [5.74, 6) is 2.41. The molecule has 1 heterocycles. The Labute approximate surface area is 205 Å². The number of aryl methyl sites for hydroxylation is 3. The topological polar surface area (TPSA) is 30.5 Å². The number of benzene rings is 3. The zero-order valence-electron chi connectivity index (χ0n) is 19.6. The number of allylic oxidation sites excluding steroid dienone is 2. The lowest BCUT2D eigenvalue weighted by Crippen LogP contribution is -2.29. The highest BCUT2D eigenvalue weighted by Gasteiger charge is 2.39. The summed E-state index contributed by atoms with van der Waals surface area (Å²) in [5, 5.41) is 3.87. The molecule has 1 N–H and O–H groups in total. The lowest BCUT2D eigenvalue weighted by molar-refractivity contribution is 0.282. The summed E-state index contributed by atoms with van der Waals surface area (Å²) < 4.78 is 12.9. The Bertz CT molecular complexity index is 1220. The molecule has 3 nitrogen and oxygen atoms in total. The first kappa shape index (κ1) is 22.1. The van der Waals surface area contributed by atoms with Gasteiger partial charge in [-0.1, -0.05) is 48.0 Å². The fourth-order valence-corrected chi connectivity index (χ4v) is 5.94. The van der Waals surface area contributed by atoms with Gasteiger partial charge in [0.15, 0.2) is 11.5 Å². The van der Waals surface area contributed by atoms with Gasteiger partial charge in [-0.05, 0) is 95.1 Å². The van der Waals surface area contributed by atoms with Gasteiger partial charge in [-0.15, -0.1) is 0 Å². The van der Waals surface area contributed by atoms with Gasteiger partial charge in [0.2, 0.25) is 0 Å². The second-order valence-corrected chi connectivity index (χ2v) is 10.2. The molecule has 0 aromatic heterocycles. The molecule has 33 heavy (non-hydrogen) atoms. The summed E-state index contributed by atoms with van der Waals surface area (Å²) in [6, 6.07) is 17.5. The molecule has 0 bridgehead atoms. The van der Waals surface area contributed by atoms with Crippen molar-refractivity contribution in [2.45, 2.75) is 45.8 Å². The molecule has 0 spiro atoms. The van der Waals surface area contributed by atoms with E-state index in [0.717, 1.165) is 28.0 Å². The highest BCUT2D eigenvalue weighted by atomic mass is 79.9. The first-order chi connectivity index (χ1) is 15.9. The van der Waals surface area contributed by atoms with E-state index in [0.29, 0.717) is 18.4 Å². The van der Waals surface area contributed by atoms with Crippen molar-refractivity contribution in [2.24, 2.45) is 5.92 Å². The van der Waals surface area contributed by atoms with Crippen LogP contribution in [0.15, 0.2) is 65.2 Å². The molecule has 5 rings (SSSR count). The molecule has 1 aliphatic carbocycles. The quantitative estimate of drug-likeness (QED) is 0.360. The third kappa shape index (κ3) is 4.17. The molecular weight excluding hydrogens is 474 g/mol. The van der Waals surface area contributed by atoms with Gasteiger partial charge in [-0.25, -0.2) is 0 Å². The van der Waals surface area contributed by atoms with Crippen LogP contribution in [0.4, 0.5) is 5.69 Å². The van der Waals surface area contributed by atoms with Gasteiger partial charge < -0.3 is 14.8 Å². The molecule has 4 heteroatoms. The summed E-state index contributed by atoms with van der Waals surface area (Å²) in [6.45, 7) is 6.99. The van der Waals surface area contributed by atoms with Crippen LogP contribution in [0, 0.1) is 26.7 Å². The summed E-state index contributed by atoms with van der Waals surface area (Å²) in [6.07, 6.45) is 5.80. The minimum atomic E-state index is 0.204. The maximum atomic E-state index is 6.20. The minimum Gasteiger partial charge on any atom is -0.493 e. The Kier molecular flexibility index (Phi) is 5.96. The van der Waals surface area contributed by atoms with Crippen molar-refractivity contribution in [3.63, 3.8) is 0 Å². The molecule has 2 aliphatic rings. The molecular formula is C29H30BrNO2. The number of anilines is 1. The monoisotopic (exact) mass is 503 g/mol. The minimum absolute atomic E-state index is 0.204. The number of rotatable bonds is 5. The van der Waals surface area contributed by atoms with Crippen LogP contribution < -0.4 is 14.8 Å². The highest BCUT2D eigenvalue weighted by molar-refractivity contribution is 9.10. The molecule has 0 amide bonds. The fourth-order valence-electron chi connectivity index (χ4n) is 5.37. The second-order valence-electron chi connectivity index (χ2n) is 9.33. The number of hydrogen-bond donors (Lipinski definition) is 1. The van der Waals surface area contributed by atoms with Crippen LogP contribution in [0.3, 0.4) is 0 Å². The van der Waals surface area contributed by atoms with E-state index in [-0.39, 0.29) is 6.04 Å². The van der Waals surface area contributed by atoms with Crippen LogP contribution in [-0.2, 0) is 6.61 Å². The number of methoxy groups -OCH3 is 1. The Hall–Kier alpha value is -2.72. The summed E-state index contributed by atoms with van der Waals surface area (Å²) in [7, 11) is 1.71. The van der Waals surface area contributed by atoms with Gasteiger partial charge >= 0.3 is 0 Å². The van der Waals surface area contributed by atoms with E-state index in [1.54, 1.807) is 7.11 Å². The third-order valence-corrected chi connectivity index (χ3v) is 7.52.